The Morgan fingerprint density at radius 2 is 1.17 bits per heavy atom. The smallest absolute Gasteiger partial charge is 0.333 e. The Morgan fingerprint density at radius 3 is 2.06 bits per heavy atom. The van der Waals surface area contributed by atoms with Crippen LogP contribution in [-0.2, 0) is 0 Å². The summed E-state index contributed by atoms with van der Waals surface area (Å²) in [7, 11) is 0. The Hall–Kier alpha value is -6.26. The van der Waals surface area contributed by atoms with Crippen LogP contribution < -0.4 is 15.8 Å². The molecule has 2 aliphatic heterocycles. The highest BCUT2D eigenvalue weighted by atomic mass is 16.3. The van der Waals surface area contributed by atoms with Gasteiger partial charge in [-0.1, -0.05) is 127 Å². The lowest BCUT2D eigenvalue weighted by molar-refractivity contribution is 0.669. The molecule has 0 bridgehead atoms. The van der Waals surface area contributed by atoms with Crippen LogP contribution in [0.4, 0.5) is 17.1 Å². The third-order valence-electron chi connectivity index (χ3n) is 10.9. The van der Waals surface area contributed by atoms with E-state index in [0.29, 0.717) is 0 Å². The van der Waals surface area contributed by atoms with Crippen molar-refractivity contribution in [3.63, 3.8) is 0 Å². The monoisotopic (exact) mass is 608 g/mol. The minimum absolute atomic E-state index is 0.0456. The molecule has 3 nitrogen and oxygen atoms in total. The predicted molar refractivity (Wildman–Crippen MR) is 202 cm³/mol. The zero-order valence-corrected chi connectivity index (χ0v) is 25.8. The highest BCUT2D eigenvalue weighted by molar-refractivity contribution is 6.90. The van der Waals surface area contributed by atoms with E-state index < -0.39 is 0 Å². The van der Waals surface area contributed by atoms with Crippen LogP contribution >= 0.6 is 0 Å². The summed E-state index contributed by atoms with van der Waals surface area (Å²) in [5.74, 6) is 0. The molecular formula is C44H25BN2O. The fourth-order valence-electron chi connectivity index (χ4n) is 9.04. The standard InChI is InChI=1S/C44H25BN2O/c1-3-14-28-26(11-1)13-9-21-37(28)46-42-29-15-4-2-12-27(29)23-24-36(42)45-40-34(25-35-31-17-6-8-22-39(31)48-44(35)43(40)46)33-19-10-18-32-30-16-5-7-20-38(30)47(45)41(32)33/h1-25H. The lowest BCUT2D eigenvalue weighted by Crippen LogP contribution is -2.56. The van der Waals surface area contributed by atoms with E-state index in [2.05, 4.69) is 161 Å². The Balaban J connectivity index is 1.37. The van der Waals surface area contributed by atoms with E-state index >= 15 is 0 Å². The van der Waals surface area contributed by atoms with Crippen molar-refractivity contribution >= 4 is 100 Å². The van der Waals surface area contributed by atoms with Crippen molar-refractivity contribution in [3.8, 4) is 11.1 Å². The van der Waals surface area contributed by atoms with Gasteiger partial charge in [0.1, 0.15) is 5.58 Å². The Labute approximate surface area is 275 Å². The van der Waals surface area contributed by atoms with E-state index in [1.807, 2.05) is 0 Å². The van der Waals surface area contributed by atoms with Gasteiger partial charge >= 0.3 is 6.85 Å². The van der Waals surface area contributed by atoms with Gasteiger partial charge in [0.2, 0.25) is 0 Å². The Morgan fingerprint density at radius 1 is 0.479 bits per heavy atom. The first-order valence-corrected chi connectivity index (χ1v) is 16.6. The molecule has 0 saturated heterocycles. The molecule has 0 aliphatic carbocycles. The molecule has 4 heterocycles. The van der Waals surface area contributed by atoms with Crippen molar-refractivity contribution in [1.82, 2.24) is 4.48 Å². The number of rotatable bonds is 1. The van der Waals surface area contributed by atoms with Crippen molar-refractivity contribution in [3.05, 3.63) is 152 Å². The van der Waals surface area contributed by atoms with Gasteiger partial charge in [0, 0.05) is 48.9 Å². The first kappa shape index (κ1) is 24.9. The lowest BCUT2D eigenvalue weighted by Gasteiger charge is -2.41. The van der Waals surface area contributed by atoms with Crippen LogP contribution in [0.3, 0.4) is 0 Å². The van der Waals surface area contributed by atoms with Crippen LogP contribution in [0.25, 0.3) is 76.4 Å². The fourth-order valence-corrected chi connectivity index (χ4v) is 9.04. The number of aromatic nitrogens is 1. The van der Waals surface area contributed by atoms with Crippen molar-refractivity contribution < 1.29 is 4.42 Å². The summed E-state index contributed by atoms with van der Waals surface area (Å²) in [4.78, 5) is 2.54. The van der Waals surface area contributed by atoms with Crippen LogP contribution in [0, 0.1) is 0 Å². The van der Waals surface area contributed by atoms with Gasteiger partial charge in [-0.3, -0.25) is 0 Å². The minimum atomic E-state index is -0.0456. The molecule has 0 atom stereocenters. The average Bonchev–Trinajstić information content (AvgIpc) is 3.69. The molecule has 4 heteroatoms. The number of fused-ring (bicyclic) bond motifs is 14. The van der Waals surface area contributed by atoms with Crippen LogP contribution in [0.1, 0.15) is 0 Å². The topological polar surface area (TPSA) is 21.3 Å². The zero-order chi connectivity index (χ0) is 31.1. The fraction of sp³-hybridized carbons (Fsp3) is 0. The van der Waals surface area contributed by atoms with Crippen molar-refractivity contribution in [1.29, 1.82) is 0 Å². The quantitative estimate of drug-likeness (QED) is 0.173. The van der Waals surface area contributed by atoms with Crippen LogP contribution in [0.15, 0.2) is 156 Å². The maximum absolute atomic E-state index is 6.99. The normalized spacial score (nSPS) is 13.3. The SMILES string of the molecule is c1ccc2c(N3c4c(ccc5ccccc45)B4c5c(cc6c(oc7ccccc76)c53)-c3cccc5c6ccccc6n4c35)cccc2c1. The van der Waals surface area contributed by atoms with Gasteiger partial charge < -0.3 is 13.8 Å². The summed E-state index contributed by atoms with van der Waals surface area (Å²) in [6, 6.07) is 55.6. The van der Waals surface area contributed by atoms with Gasteiger partial charge in [0.25, 0.3) is 0 Å². The largest absolute Gasteiger partial charge is 0.454 e. The van der Waals surface area contributed by atoms with E-state index in [0.717, 1.165) is 33.3 Å². The maximum Gasteiger partial charge on any atom is 0.333 e. The van der Waals surface area contributed by atoms with Gasteiger partial charge in [0.15, 0.2) is 5.58 Å². The van der Waals surface area contributed by atoms with E-state index in [-0.39, 0.29) is 6.85 Å². The number of benzene rings is 8. The molecule has 12 rings (SSSR count). The first-order chi connectivity index (χ1) is 23.8. The highest BCUT2D eigenvalue weighted by Gasteiger charge is 2.45. The Kier molecular flexibility index (Phi) is 4.54. The molecule has 0 saturated carbocycles. The lowest BCUT2D eigenvalue weighted by atomic mass is 9.44. The molecule has 0 spiro atoms. The third kappa shape index (κ3) is 2.93. The molecular weight excluding hydrogens is 583 g/mol. The molecule has 220 valence electrons. The summed E-state index contributed by atoms with van der Waals surface area (Å²) in [5.41, 5.74) is 13.0. The zero-order valence-electron chi connectivity index (χ0n) is 25.8. The Bertz CT molecular complexity index is 3040. The summed E-state index contributed by atoms with van der Waals surface area (Å²) in [6.45, 7) is -0.0456. The van der Waals surface area contributed by atoms with Crippen molar-refractivity contribution in [2.45, 2.75) is 0 Å². The van der Waals surface area contributed by atoms with Gasteiger partial charge in [-0.05, 0) is 51.5 Å². The second-order valence-corrected chi connectivity index (χ2v) is 13.2. The molecule has 0 unspecified atom stereocenters. The molecule has 8 aromatic carbocycles. The van der Waals surface area contributed by atoms with E-state index in [1.54, 1.807) is 0 Å². The minimum Gasteiger partial charge on any atom is -0.454 e. The van der Waals surface area contributed by atoms with E-state index in [4.69, 9.17) is 4.42 Å². The number of hydrogen-bond acceptors (Lipinski definition) is 2. The number of nitrogens with zero attached hydrogens (tertiary/aromatic N) is 2. The second kappa shape index (κ2) is 8.75. The second-order valence-electron chi connectivity index (χ2n) is 13.2. The first-order valence-electron chi connectivity index (χ1n) is 16.6. The number of anilines is 3. The molecule has 0 radical (unpaired) electrons. The van der Waals surface area contributed by atoms with Crippen molar-refractivity contribution in [2.24, 2.45) is 0 Å². The molecule has 2 aliphatic rings. The molecule has 0 amide bonds. The highest BCUT2D eigenvalue weighted by Crippen LogP contribution is 2.51. The number of para-hydroxylation sites is 3. The molecule has 0 fully saturated rings. The predicted octanol–water partition coefficient (Wildman–Crippen LogP) is 10.4. The summed E-state index contributed by atoms with van der Waals surface area (Å²) in [5, 5.41) is 9.76. The van der Waals surface area contributed by atoms with Gasteiger partial charge in [-0.2, -0.15) is 0 Å². The van der Waals surface area contributed by atoms with Gasteiger partial charge in [0.05, 0.1) is 17.1 Å². The van der Waals surface area contributed by atoms with Gasteiger partial charge in [-0.25, -0.2) is 0 Å². The summed E-state index contributed by atoms with van der Waals surface area (Å²) in [6.07, 6.45) is 0. The van der Waals surface area contributed by atoms with Crippen LogP contribution in [-0.4, -0.2) is 11.3 Å². The molecule has 48 heavy (non-hydrogen) atoms. The number of hydrogen-bond donors (Lipinski definition) is 0. The average molecular weight is 609 g/mol. The van der Waals surface area contributed by atoms with Gasteiger partial charge in [-0.15, -0.1) is 0 Å². The van der Waals surface area contributed by atoms with Crippen molar-refractivity contribution in [2.75, 3.05) is 4.90 Å². The molecule has 2 aromatic heterocycles. The maximum atomic E-state index is 6.99. The van der Waals surface area contributed by atoms with E-state index in [1.165, 1.54) is 71.1 Å². The summed E-state index contributed by atoms with van der Waals surface area (Å²) >= 11 is 0. The third-order valence-corrected chi connectivity index (χ3v) is 10.9. The number of furan rings is 1. The molecule has 10 aromatic rings. The summed E-state index contributed by atoms with van der Waals surface area (Å²) < 4.78 is 9.61. The van der Waals surface area contributed by atoms with Crippen LogP contribution in [0.5, 0.6) is 0 Å². The van der Waals surface area contributed by atoms with E-state index in [9.17, 15) is 0 Å². The molecule has 0 N–H and O–H groups in total. The van der Waals surface area contributed by atoms with Crippen LogP contribution in [0.2, 0.25) is 0 Å².